The van der Waals surface area contributed by atoms with E-state index in [0.29, 0.717) is 11.4 Å². The standard InChI is InChI=1S/C15H24N2O2S/c1-3-17(14-10-8-13(16)9-11-14)20(18,19)15-7-5-4-6-12(15)2/h4-7,13-14H,3,8-11,16H2,1-2H3. The summed E-state index contributed by atoms with van der Waals surface area (Å²) in [6, 6.07) is 7.50. The van der Waals surface area contributed by atoms with Gasteiger partial charge < -0.3 is 5.73 Å². The minimum Gasteiger partial charge on any atom is -0.328 e. The topological polar surface area (TPSA) is 63.4 Å². The van der Waals surface area contributed by atoms with E-state index in [9.17, 15) is 8.42 Å². The molecule has 1 aromatic carbocycles. The Morgan fingerprint density at radius 3 is 2.35 bits per heavy atom. The van der Waals surface area contributed by atoms with Crippen LogP contribution in [-0.2, 0) is 10.0 Å². The lowest BCUT2D eigenvalue weighted by Crippen LogP contribution is -2.44. The largest absolute Gasteiger partial charge is 0.328 e. The smallest absolute Gasteiger partial charge is 0.243 e. The molecule has 0 atom stereocenters. The van der Waals surface area contributed by atoms with E-state index in [2.05, 4.69) is 0 Å². The van der Waals surface area contributed by atoms with Crippen LogP contribution in [0.1, 0.15) is 38.2 Å². The van der Waals surface area contributed by atoms with Crippen LogP contribution in [0.25, 0.3) is 0 Å². The summed E-state index contributed by atoms with van der Waals surface area (Å²) in [6.45, 7) is 4.26. The number of benzene rings is 1. The van der Waals surface area contributed by atoms with Crippen LogP contribution in [0.15, 0.2) is 29.2 Å². The van der Waals surface area contributed by atoms with Crippen molar-refractivity contribution < 1.29 is 8.42 Å². The summed E-state index contributed by atoms with van der Waals surface area (Å²) >= 11 is 0. The summed E-state index contributed by atoms with van der Waals surface area (Å²) in [7, 11) is -3.41. The van der Waals surface area contributed by atoms with E-state index in [0.717, 1.165) is 31.2 Å². The van der Waals surface area contributed by atoms with Crippen molar-refractivity contribution in [1.82, 2.24) is 4.31 Å². The van der Waals surface area contributed by atoms with Gasteiger partial charge in [-0.3, -0.25) is 0 Å². The lowest BCUT2D eigenvalue weighted by atomic mass is 9.92. The van der Waals surface area contributed by atoms with Gasteiger partial charge in [-0.2, -0.15) is 4.31 Å². The molecule has 0 heterocycles. The highest BCUT2D eigenvalue weighted by Gasteiger charge is 2.33. The minimum absolute atomic E-state index is 0.0874. The molecule has 4 nitrogen and oxygen atoms in total. The van der Waals surface area contributed by atoms with Crippen LogP contribution >= 0.6 is 0 Å². The molecule has 0 bridgehead atoms. The Labute approximate surface area is 122 Å². The summed E-state index contributed by atoms with van der Waals surface area (Å²) in [5.41, 5.74) is 6.72. The number of nitrogens with zero attached hydrogens (tertiary/aromatic N) is 1. The molecule has 0 amide bonds. The van der Waals surface area contributed by atoms with Gasteiger partial charge in [0.15, 0.2) is 0 Å². The van der Waals surface area contributed by atoms with E-state index < -0.39 is 10.0 Å². The first kappa shape index (κ1) is 15.5. The molecule has 0 radical (unpaired) electrons. The van der Waals surface area contributed by atoms with E-state index in [1.807, 2.05) is 26.0 Å². The third-order valence-electron chi connectivity index (χ3n) is 4.14. The van der Waals surface area contributed by atoms with Gasteiger partial charge in [-0.15, -0.1) is 0 Å². The van der Waals surface area contributed by atoms with Crippen molar-refractivity contribution >= 4 is 10.0 Å². The Morgan fingerprint density at radius 2 is 1.80 bits per heavy atom. The Morgan fingerprint density at radius 1 is 1.20 bits per heavy atom. The highest BCUT2D eigenvalue weighted by Crippen LogP contribution is 2.28. The number of rotatable bonds is 4. The maximum absolute atomic E-state index is 12.9. The highest BCUT2D eigenvalue weighted by atomic mass is 32.2. The second-order valence-electron chi connectivity index (χ2n) is 5.54. The van der Waals surface area contributed by atoms with E-state index in [4.69, 9.17) is 5.73 Å². The van der Waals surface area contributed by atoms with Crippen LogP contribution in [0, 0.1) is 6.92 Å². The summed E-state index contributed by atoms with van der Waals surface area (Å²) in [5, 5.41) is 0. The SMILES string of the molecule is CCN(C1CCC(N)CC1)S(=O)(=O)c1ccccc1C. The summed E-state index contributed by atoms with van der Waals surface area (Å²) in [5.74, 6) is 0. The maximum Gasteiger partial charge on any atom is 0.243 e. The van der Waals surface area contributed by atoms with Crippen molar-refractivity contribution in [3.8, 4) is 0 Å². The molecule has 20 heavy (non-hydrogen) atoms. The van der Waals surface area contributed by atoms with Crippen LogP contribution in [-0.4, -0.2) is 31.4 Å². The molecule has 0 aromatic heterocycles. The molecule has 1 aliphatic rings. The molecule has 112 valence electrons. The summed E-state index contributed by atoms with van der Waals surface area (Å²) in [6.07, 6.45) is 3.54. The fourth-order valence-electron chi connectivity index (χ4n) is 2.99. The van der Waals surface area contributed by atoms with Crippen molar-refractivity contribution in [2.75, 3.05) is 6.54 Å². The predicted octanol–water partition coefficient (Wildman–Crippen LogP) is 2.28. The van der Waals surface area contributed by atoms with Crippen molar-refractivity contribution in [2.24, 2.45) is 5.73 Å². The zero-order chi connectivity index (χ0) is 14.8. The van der Waals surface area contributed by atoms with Gasteiger partial charge in [0.05, 0.1) is 4.90 Å². The summed E-state index contributed by atoms with van der Waals surface area (Å²) in [4.78, 5) is 0.428. The van der Waals surface area contributed by atoms with Crippen LogP contribution in [0.2, 0.25) is 0 Å². The average Bonchev–Trinajstić information content (AvgIpc) is 2.42. The molecule has 0 saturated heterocycles. The Hall–Kier alpha value is -0.910. The van der Waals surface area contributed by atoms with Gasteiger partial charge in [0.1, 0.15) is 0 Å². The van der Waals surface area contributed by atoms with Crippen LogP contribution < -0.4 is 5.73 Å². The average molecular weight is 296 g/mol. The number of nitrogens with two attached hydrogens (primary N) is 1. The second-order valence-corrected chi connectivity index (χ2v) is 7.40. The molecule has 2 rings (SSSR count). The van der Waals surface area contributed by atoms with Gasteiger partial charge >= 0.3 is 0 Å². The van der Waals surface area contributed by atoms with Crippen molar-refractivity contribution in [1.29, 1.82) is 0 Å². The zero-order valence-electron chi connectivity index (χ0n) is 12.2. The van der Waals surface area contributed by atoms with Gasteiger partial charge in [0.2, 0.25) is 10.0 Å². The Kier molecular flexibility index (Phi) is 4.83. The maximum atomic E-state index is 12.9. The summed E-state index contributed by atoms with van der Waals surface area (Å²) < 4.78 is 27.4. The molecule has 2 N–H and O–H groups in total. The number of hydrogen-bond acceptors (Lipinski definition) is 3. The van der Waals surface area contributed by atoms with Crippen LogP contribution in [0.3, 0.4) is 0 Å². The first-order valence-corrected chi connectivity index (χ1v) is 8.74. The van der Waals surface area contributed by atoms with Gasteiger partial charge in [-0.05, 0) is 44.2 Å². The molecular formula is C15H24N2O2S. The zero-order valence-corrected chi connectivity index (χ0v) is 13.1. The molecule has 1 aliphatic carbocycles. The molecule has 0 aliphatic heterocycles. The van der Waals surface area contributed by atoms with Gasteiger partial charge in [0, 0.05) is 18.6 Å². The predicted molar refractivity (Wildman–Crippen MR) is 81.0 cm³/mol. The molecule has 5 heteroatoms. The number of hydrogen-bond donors (Lipinski definition) is 1. The fraction of sp³-hybridized carbons (Fsp3) is 0.600. The third kappa shape index (κ3) is 3.05. The van der Waals surface area contributed by atoms with Crippen molar-refractivity contribution in [3.63, 3.8) is 0 Å². The van der Waals surface area contributed by atoms with Crippen molar-refractivity contribution in [2.45, 2.75) is 56.5 Å². The lowest BCUT2D eigenvalue weighted by Gasteiger charge is -2.34. The van der Waals surface area contributed by atoms with E-state index in [-0.39, 0.29) is 12.1 Å². The molecule has 1 aromatic rings. The monoisotopic (exact) mass is 296 g/mol. The third-order valence-corrected chi connectivity index (χ3v) is 6.33. The minimum atomic E-state index is -3.41. The Balaban J connectivity index is 2.29. The highest BCUT2D eigenvalue weighted by molar-refractivity contribution is 7.89. The van der Waals surface area contributed by atoms with E-state index in [1.165, 1.54) is 0 Å². The molecular weight excluding hydrogens is 272 g/mol. The van der Waals surface area contributed by atoms with Crippen LogP contribution in [0.4, 0.5) is 0 Å². The second kappa shape index (κ2) is 6.24. The van der Waals surface area contributed by atoms with Gasteiger partial charge in [-0.25, -0.2) is 8.42 Å². The number of aryl methyl sites for hydroxylation is 1. The molecule has 1 saturated carbocycles. The van der Waals surface area contributed by atoms with Crippen LogP contribution in [0.5, 0.6) is 0 Å². The first-order valence-electron chi connectivity index (χ1n) is 7.30. The van der Waals surface area contributed by atoms with Gasteiger partial charge in [0.25, 0.3) is 0 Å². The van der Waals surface area contributed by atoms with E-state index >= 15 is 0 Å². The Bertz CT molecular complexity index is 549. The quantitative estimate of drug-likeness (QED) is 0.927. The molecule has 0 spiro atoms. The first-order chi connectivity index (χ1) is 9.46. The normalized spacial score (nSPS) is 24.0. The number of sulfonamides is 1. The lowest BCUT2D eigenvalue weighted by molar-refractivity contribution is 0.247. The molecule has 1 fully saturated rings. The van der Waals surface area contributed by atoms with Gasteiger partial charge in [-0.1, -0.05) is 25.1 Å². The van der Waals surface area contributed by atoms with Crippen molar-refractivity contribution in [3.05, 3.63) is 29.8 Å². The molecule has 0 unspecified atom stereocenters. The van der Waals surface area contributed by atoms with E-state index in [1.54, 1.807) is 16.4 Å². The fourth-order valence-corrected chi connectivity index (χ4v) is 4.91.